The first-order chi connectivity index (χ1) is 12.3. The van der Waals surface area contributed by atoms with Crippen LogP contribution in [0.4, 0.5) is 4.79 Å². The molecule has 12 heteroatoms. The number of esters is 1. The number of ether oxygens (including phenoxy) is 1. The number of nitrogens with zero attached hydrogens (tertiary/aromatic N) is 4. The number of fused-ring (bicyclic) bond motifs is 1. The van der Waals surface area contributed by atoms with Crippen molar-refractivity contribution in [2.75, 3.05) is 13.2 Å². The average Bonchev–Trinajstić information content (AvgIpc) is 3.00. The van der Waals surface area contributed by atoms with E-state index >= 15 is 0 Å². The standard InChI is InChI=1S/C14H18N6O6/c1-4-15-13(24)17-8(21)6-26-9(22)5-20-7-16-11-10(20)12(23)19(3)14(25)18(11)2/h7H,4-6H2,1-3H3,(H2,15,17,21,24). The summed E-state index contributed by atoms with van der Waals surface area (Å²) in [6, 6.07) is -0.696. The van der Waals surface area contributed by atoms with Gasteiger partial charge in [0.25, 0.3) is 11.5 Å². The Hall–Kier alpha value is -3.44. The van der Waals surface area contributed by atoms with Gasteiger partial charge in [-0.05, 0) is 6.92 Å². The van der Waals surface area contributed by atoms with Crippen molar-refractivity contribution in [3.63, 3.8) is 0 Å². The van der Waals surface area contributed by atoms with Crippen LogP contribution in [0.2, 0.25) is 0 Å². The fourth-order valence-corrected chi connectivity index (χ4v) is 2.22. The Morgan fingerprint density at radius 1 is 1.19 bits per heavy atom. The van der Waals surface area contributed by atoms with Gasteiger partial charge in [-0.15, -0.1) is 0 Å². The molecule has 0 atom stereocenters. The first kappa shape index (κ1) is 18.9. The fraction of sp³-hybridized carbons (Fsp3) is 0.429. The number of imidazole rings is 1. The number of hydrogen-bond acceptors (Lipinski definition) is 7. The maximum Gasteiger partial charge on any atom is 0.332 e. The third-order valence-electron chi connectivity index (χ3n) is 3.47. The number of imide groups is 1. The third-order valence-corrected chi connectivity index (χ3v) is 3.47. The summed E-state index contributed by atoms with van der Waals surface area (Å²) in [6.45, 7) is 0.973. The molecule has 0 unspecified atom stereocenters. The maximum absolute atomic E-state index is 12.2. The first-order valence-corrected chi connectivity index (χ1v) is 7.60. The summed E-state index contributed by atoms with van der Waals surface area (Å²) in [5.41, 5.74) is -0.974. The van der Waals surface area contributed by atoms with Crippen molar-refractivity contribution in [3.05, 3.63) is 27.2 Å². The minimum atomic E-state index is -0.814. The van der Waals surface area contributed by atoms with Crippen molar-refractivity contribution in [2.45, 2.75) is 13.5 Å². The summed E-state index contributed by atoms with van der Waals surface area (Å²) in [7, 11) is 2.76. The molecule has 2 heterocycles. The molecule has 140 valence electrons. The van der Waals surface area contributed by atoms with Crippen LogP contribution in [0.15, 0.2) is 15.9 Å². The second-order valence-electron chi connectivity index (χ2n) is 5.32. The molecule has 3 amide bonds. The number of aromatic nitrogens is 4. The molecule has 0 bridgehead atoms. The Morgan fingerprint density at radius 3 is 2.54 bits per heavy atom. The zero-order valence-electron chi connectivity index (χ0n) is 14.4. The molecule has 0 spiro atoms. The van der Waals surface area contributed by atoms with E-state index in [0.29, 0.717) is 6.54 Å². The minimum absolute atomic E-state index is 0.0540. The Kier molecular flexibility index (Phi) is 5.54. The summed E-state index contributed by atoms with van der Waals surface area (Å²) in [4.78, 5) is 62.6. The Bertz CT molecular complexity index is 984. The van der Waals surface area contributed by atoms with E-state index in [1.165, 1.54) is 29.6 Å². The molecule has 0 saturated carbocycles. The largest absolute Gasteiger partial charge is 0.454 e. The number of carbonyl (C=O) groups excluding carboxylic acids is 3. The van der Waals surface area contributed by atoms with E-state index in [1.807, 2.05) is 5.32 Å². The molecule has 0 fully saturated rings. The Morgan fingerprint density at radius 2 is 1.88 bits per heavy atom. The van der Waals surface area contributed by atoms with Crippen molar-refractivity contribution in [3.8, 4) is 0 Å². The maximum atomic E-state index is 12.2. The van der Waals surface area contributed by atoms with Crippen molar-refractivity contribution in [1.82, 2.24) is 29.3 Å². The topological polar surface area (TPSA) is 146 Å². The van der Waals surface area contributed by atoms with Crippen LogP contribution in [0.5, 0.6) is 0 Å². The monoisotopic (exact) mass is 366 g/mol. The zero-order chi connectivity index (χ0) is 19.4. The van der Waals surface area contributed by atoms with Crippen LogP contribution in [-0.4, -0.2) is 49.7 Å². The van der Waals surface area contributed by atoms with Crippen molar-refractivity contribution in [2.24, 2.45) is 14.1 Å². The minimum Gasteiger partial charge on any atom is -0.454 e. The van der Waals surface area contributed by atoms with Crippen LogP contribution in [-0.2, 0) is 35.0 Å². The molecule has 26 heavy (non-hydrogen) atoms. The predicted octanol–water partition coefficient (Wildman–Crippen LogP) is -2.18. The van der Waals surface area contributed by atoms with Gasteiger partial charge in [0.2, 0.25) is 0 Å². The molecule has 0 aliphatic rings. The highest BCUT2D eigenvalue weighted by molar-refractivity contribution is 5.95. The highest BCUT2D eigenvalue weighted by Gasteiger charge is 2.17. The summed E-state index contributed by atoms with van der Waals surface area (Å²) >= 11 is 0. The smallest absolute Gasteiger partial charge is 0.332 e. The summed E-state index contributed by atoms with van der Waals surface area (Å²) in [5.74, 6) is -1.61. The summed E-state index contributed by atoms with van der Waals surface area (Å²) < 4.78 is 8.07. The predicted molar refractivity (Wildman–Crippen MR) is 88.4 cm³/mol. The molecule has 2 aromatic heterocycles. The van der Waals surface area contributed by atoms with Crippen molar-refractivity contribution < 1.29 is 19.1 Å². The molecule has 0 radical (unpaired) electrons. The van der Waals surface area contributed by atoms with E-state index in [1.54, 1.807) is 6.92 Å². The average molecular weight is 366 g/mol. The quantitative estimate of drug-likeness (QED) is 0.572. The zero-order valence-corrected chi connectivity index (χ0v) is 14.4. The normalized spacial score (nSPS) is 10.6. The van der Waals surface area contributed by atoms with Crippen molar-refractivity contribution in [1.29, 1.82) is 0 Å². The number of hydrogen-bond donors (Lipinski definition) is 2. The highest BCUT2D eigenvalue weighted by atomic mass is 16.5. The number of carbonyl (C=O) groups is 3. The second kappa shape index (κ2) is 7.63. The third kappa shape index (κ3) is 3.79. The van der Waals surface area contributed by atoms with Crippen LogP contribution in [0.3, 0.4) is 0 Å². The number of rotatable bonds is 5. The van der Waals surface area contributed by atoms with E-state index in [9.17, 15) is 24.0 Å². The van der Waals surface area contributed by atoms with Crippen LogP contribution in [0.25, 0.3) is 11.2 Å². The van der Waals surface area contributed by atoms with Gasteiger partial charge in [-0.2, -0.15) is 0 Å². The van der Waals surface area contributed by atoms with Gasteiger partial charge < -0.3 is 14.6 Å². The lowest BCUT2D eigenvalue weighted by Crippen LogP contribution is -2.41. The van der Waals surface area contributed by atoms with Gasteiger partial charge in [0, 0.05) is 20.6 Å². The van der Waals surface area contributed by atoms with Crippen LogP contribution < -0.4 is 21.9 Å². The SMILES string of the molecule is CCNC(=O)NC(=O)COC(=O)Cn1cnc2c1c(=O)n(C)c(=O)n2C. The van der Waals surface area contributed by atoms with Gasteiger partial charge in [-0.1, -0.05) is 0 Å². The van der Waals surface area contributed by atoms with Crippen LogP contribution in [0.1, 0.15) is 6.92 Å². The lowest BCUT2D eigenvalue weighted by molar-refractivity contribution is -0.148. The lowest BCUT2D eigenvalue weighted by atomic mass is 10.5. The van der Waals surface area contributed by atoms with E-state index in [0.717, 1.165) is 4.57 Å². The summed E-state index contributed by atoms with van der Waals surface area (Å²) in [5, 5.41) is 4.33. The molecule has 0 aliphatic carbocycles. The highest BCUT2D eigenvalue weighted by Crippen LogP contribution is 2.05. The second-order valence-corrected chi connectivity index (χ2v) is 5.32. The van der Waals surface area contributed by atoms with Crippen molar-refractivity contribution >= 4 is 29.1 Å². The van der Waals surface area contributed by atoms with Crippen LogP contribution >= 0.6 is 0 Å². The van der Waals surface area contributed by atoms with E-state index in [-0.39, 0.29) is 11.2 Å². The lowest BCUT2D eigenvalue weighted by Gasteiger charge is -2.08. The summed E-state index contributed by atoms with van der Waals surface area (Å²) in [6.07, 6.45) is 1.22. The van der Waals surface area contributed by atoms with Gasteiger partial charge in [0.05, 0.1) is 6.33 Å². The molecule has 12 nitrogen and oxygen atoms in total. The number of nitrogens with one attached hydrogen (secondary N) is 2. The Labute approximate surface area is 146 Å². The molecule has 2 N–H and O–H groups in total. The first-order valence-electron chi connectivity index (χ1n) is 7.60. The number of amides is 3. The molecular formula is C14H18N6O6. The van der Waals surface area contributed by atoms with Gasteiger partial charge >= 0.3 is 17.7 Å². The van der Waals surface area contributed by atoms with E-state index in [2.05, 4.69) is 10.3 Å². The van der Waals surface area contributed by atoms with E-state index in [4.69, 9.17) is 4.74 Å². The van der Waals surface area contributed by atoms with Gasteiger partial charge in [0.15, 0.2) is 17.8 Å². The fourth-order valence-electron chi connectivity index (χ4n) is 2.22. The van der Waals surface area contributed by atoms with E-state index < -0.39 is 42.3 Å². The van der Waals surface area contributed by atoms with Crippen LogP contribution in [0, 0.1) is 0 Å². The number of urea groups is 1. The van der Waals surface area contributed by atoms with Gasteiger partial charge in [-0.3, -0.25) is 28.8 Å². The molecule has 0 aliphatic heterocycles. The molecule has 0 saturated heterocycles. The molecule has 2 aromatic rings. The molecule has 2 rings (SSSR count). The van der Waals surface area contributed by atoms with Gasteiger partial charge in [0.1, 0.15) is 6.54 Å². The number of aryl methyl sites for hydroxylation is 1. The Balaban J connectivity index is 2.09. The molecular weight excluding hydrogens is 348 g/mol. The van der Waals surface area contributed by atoms with Gasteiger partial charge in [-0.25, -0.2) is 14.6 Å². The molecule has 0 aromatic carbocycles.